The van der Waals surface area contributed by atoms with Crippen LogP contribution < -0.4 is 0 Å². The van der Waals surface area contributed by atoms with Gasteiger partial charge in [-0.1, -0.05) is 0 Å². The molecule has 0 aliphatic rings. The molecule has 0 rings (SSSR count). The van der Waals surface area contributed by atoms with Crippen molar-refractivity contribution in [3.63, 3.8) is 0 Å². The summed E-state index contributed by atoms with van der Waals surface area (Å²) in [6.07, 6.45) is -2.42. The maximum atomic E-state index is 9.43. The predicted octanol–water partition coefficient (Wildman–Crippen LogP) is -1.37. The Morgan fingerprint density at radius 3 is 0.478 bits per heavy atom. The van der Waals surface area contributed by atoms with Gasteiger partial charge in [0, 0.05) is 34.7 Å². The number of hydrogen-bond donors (Lipinski definition) is 6. The van der Waals surface area contributed by atoms with E-state index in [1.807, 2.05) is 0 Å². The fourth-order valence-corrected chi connectivity index (χ4v) is 0.388. The summed E-state index contributed by atoms with van der Waals surface area (Å²) in [5.74, 6) is -7.88. The first-order valence-corrected chi connectivity index (χ1v) is 4.69. The molecule has 0 aliphatic heterocycles. The quantitative estimate of drug-likeness (QED) is 0.276. The predicted molar refractivity (Wildman–Crippen MR) is 59.7 cm³/mol. The van der Waals surface area contributed by atoms with Crippen molar-refractivity contribution in [2.24, 2.45) is 0 Å². The van der Waals surface area contributed by atoms with Gasteiger partial charge in [-0.2, -0.15) is 0 Å². The molecule has 0 heterocycles. The van der Waals surface area contributed by atoms with Crippen molar-refractivity contribution in [2.45, 2.75) is 19.3 Å². The zero-order valence-corrected chi connectivity index (χ0v) is 13.6. The average molecular weight is 416 g/mol. The van der Waals surface area contributed by atoms with Gasteiger partial charge in [0.1, 0.15) is 19.3 Å². The van der Waals surface area contributed by atoms with E-state index in [9.17, 15) is 28.8 Å². The first kappa shape index (κ1) is 32.7. The molecule has 0 saturated carbocycles. The summed E-state index contributed by atoms with van der Waals surface area (Å²) in [4.78, 5) is 56.6. The molecule has 0 atom stereocenters. The van der Waals surface area contributed by atoms with Crippen LogP contribution in [0.15, 0.2) is 0 Å². The van der Waals surface area contributed by atoms with Crippen LogP contribution in [0.4, 0.5) is 0 Å². The van der Waals surface area contributed by atoms with E-state index in [2.05, 4.69) is 0 Å². The molecule has 0 aromatic carbocycles. The third kappa shape index (κ3) is 65.1. The molecule has 0 aromatic heterocycles. The Bertz CT molecular complexity index is 321. The van der Waals surface area contributed by atoms with Crippen molar-refractivity contribution in [1.82, 2.24) is 0 Å². The molecule has 0 unspecified atom stereocenters. The second-order valence-electron chi connectivity index (χ2n) is 2.89. The summed E-state index contributed by atoms with van der Waals surface area (Å²) in [6.45, 7) is 0. The van der Waals surface area contributed by atoms with Gasteiger partial charge < -0.3 is 30.6 Å². The SMILES string of the molecule is O=C(O)CC(=O)O.O=C(O)CC(=O)O.O=C(O)CC(=O)O.[Cr].[Cr]. The Morgan fingerprint density at radius 2 is 0.478 bits per heavy atom. The standard InChI is InChI=1S/3C3H4O4.2Cr/c3*4-2(5)1-3(6)7;;/h3*1H2,(H,4,5)(H,6,7);;. The third-order valence-corrected chi connectivity index (χ3v) is 0.907. The second-order valence-corrected chi connectivity index (χ2v) is 2.89. The van der Waals surface area contributed by atoms with Gasteiger partial charge >= 0.3 is 35.8 Å². The maximum absolute atomic E-state index is 9.43. The number of rotatable bonds is 6. The molecule has 132 valence electrons. The Morgan fingerprint density at radius 1 is 0.391 bits per heavy atom. The molecule has 12 nitrogen and oxygen atoms in total. The normalized spacial score (nSPS) is 7.30. The second kappa shape index (κ2) is 19.9. The van der Waals surface area contributed by atoms with Gasteiger partial charge in [0.15, 0.2) is 0 Å². The minimum absolute atomic E-state index is 0. The van der Waals surface area contributed by atoms with Crippen LogP contribution in [-0.2, 0) is 63.5 Å². The van der Waals surface area contributed by atoms with E-state index >= 15 is 0 Å². The minimum atomic E-state index is -1.31. The van der Waals surface area contributed by atoms with Gasteiger partial charge in [-0.25, -0.2) is 0 Å². The molecule has 0 radical (unpaired) electrons. The Labute approximate surface area is 149 Å². The van der Waals surface area contributed by atoms with Crippen molar-refractivity contribution >= 4 is 35.8 Å². The van der Waals surface area contributed by atoms with Gasteiger partial charge in [-0.15, -0.1) is 0 Å². The molecule has 6 N–H and O–H groups in total. The van der Waals surface area contributed by atoms with Crippen LogP contribution in [0, 0.1) is 0 Å². The zero-order valence-electron chi connectivity index (χ0n) is 11.1. The Hall–Kier alpha value is -2.12. The Kier molecular flexibility index (Phi) is 28.3. The van der Waals surface area contributed by atoms with Crippen molar-refractivity contribution in [2.75, 3.05) is 0 Å². The number of carboxylic acids is 6. The van der Waals surface area contributed by atoms with Crippen LogP contribution in [0.1, 0.15) is 19.3 Å². The van der Waals surface area contributed by atoms with Gasteiger partial charge in [0.25, 0.3) is 0 Å². The maximum Gasteiger partial charge on any atom is 0.314 e. The van der Waals surface area contributed by atoms with Crippen LogP contribution in [0.25, 0.3) is 0 Å². The molecule has 0 aromatic rings. The molecular formula is C9H12Cr2O12. The van der Waals surface area contributed by atoms with Gasteiger partial charge in [-0.3, -0.25) is 28.8 Å². The zero-order chi connectivity index (χ0) is 17.6. The summed E-state index contributed by atoms with van der Waals surface area (Å²) >= 11 is 0. The molecule has 0 bridgehead atoms. The third-order valence-electron chi connectivity index (χ3n) is 0.907. The first-order chi connectivity index (χ1) is 9.38. The van der Waals surface area contributed by atoms with E-state index in [0.29, 0.717) is 0 Å². The number of hydrogen-bond acceptors (Lipinski definition) is 6. The van der Waals surface area contributed by atoms with Crippen molar-refractivity contribution in [3.05, 3.63) is 0 Å². The number of aliphatic carboxylic acids is 6. The molecule has 14 heteroatoms. The van der Waals surface area contributed by atoms with E-state index in [1.165, 1.54) is 0 Å². The van der Waals surface area contributed by atoms with Crippen molar-refractivity contribution < 1.29 is 94.1 Å². The van der Waals surface area contributed by atoms with E-state index in [0.717, 1.165) is 0 Å². The fraction of sp³-hybridized carbons (Fsp3) is 0.333. The van der Waals surface area contributed by atoms with Gasteiger partial charge in [0.2, 0.25) is 0 Å². The van der Waals surface area contributed by atoms with Gasteiger partial charge in [-0.05, 0) is 0 Å². The van der Waals surface area contributed by atoms with Crippen LogP contribution in [-0.4, -0.2) is 66.5 Å². The molecule has 0 fully saturated rings. The van der Waals surface area contributed by atoms with E-state index in [-0.39, 0.29) is 34.7 Å². The van der Waals surface area contributed by atoms with E-state index in [1.54, 1.807) is 0 Å². The first-order valence-electron chi connectivity index (χ1n) is 4.69. The van der Waals surface area contributed by atoms with Gasteiger partial charge in [0.05, 0.1) is 0 Å². The summed E-state index contributed by atoms with van der Waals surface area (Å²) in [5.41, 5.74) is 0. The monoisotopic (exact) mass is 416 g/mol. The molecule has 0 spiro atoms. The fourth-order valence-electron chi connectivity index (χ4n) is 0.388. The summed E-state index contributed by atoms with van der Waals surface area (Å²) < 4.78 is 0. The van der Waals surface area contributed by atoms with Crippen LogP contribution in [0.2, 0.25) is 0 Å². The average Bonchev–Trinajstić information content (AvgIpc) is 2.10. The molecule has 0 amide bonds. The summed E-state index contributed by atoms with van der Waals surface area (Å²) in [6, 6.07) is 0. The van der Waals surface area contributed by atoms with Crippen molar-refractivity contribution in [3.8, 4) is 0 Å². The molecule has 0 aliphatic carbocycles. The van der Waals surface area contributed by atoms with Crippen LogP contribution >= 0.6 is 0 Å². The van der Waals surface area contributed by atoms with Crippen LogP contribution in [0.3, 0.4) is 0 Å². The number of carboxylic acid groups (broad SMARTS) is 6. The molecule has 0 saturated heterocycles. The topological polar surface area (TPSA) is 224 Å². The van der Waals surface area contributed by atoms with E-state index < -0.39 is 55.1 Å². The minimum Gasteiger partial charge on any atom is -0.481 e. The Balaban J connectivity index is -0.0000000675. The molecule has 23 heavy (non-hydrogen) atoms. The smallest absolute Gasteiger partial charge is 0.314 e. The largest absolute Gasteiger partial charge is 0.481 e. The molecular weight excluding hydrogens is 404 g/mol. The van der Waals surface area contributed by atoms with Crippen molar-refractivity contribution in [1.29, 1.82) is 0 Å². The summed E-state index contributed by atoms with van der Waals surface area (Å²) in [7, 11) is 0. The van der Waals surface area contributed by atoms with Crippen LogP contribution in [0.5, 0.6) is 0 Å². The number of carbonyl (C=O) groups is 6. The van der Waals surface area contributed by atoms with E-state index in [4.69, 9.17) is 30.6 Å². The summed E-state index contributed by atoms with van der Waals surface area (Å²) in [5, 5.41) is 46.2.